The largest absolute Gasteiger partial charge is 0.393 e. The van der Waals surface area contributed by atoms with Crippen molar-refractivity contribution in [3.05, 3.63) is 34.9 Å². The second-order valence-electron chi connectivity index (χ2n) is 4.31. The van der Waals surface area contributed by atoms with Gasteiger partial charge < -0.3 is 5.11 Å². The maximum absolute atomic E-state index is 12.1. The number of nitrogens with zero attached hydrogens (tertiary/aromatic N) is 1. The van der Waals surface area contributed by atoms with Gasteiger partial charge in [0, 0.05) is 18.6 Å². The van der Waals surface area contributed by atoms with Crippen molar-refractivity contribution in [3.63, 3.8) is 0 Å². The molecule has 0 aliphatic carbocycles. The van der Waals surface area contributed by atoms with E-state index < -0.39 is 16.1 Å². The molecule has 1 unspecified atom stereocenters. The first-order valence-corrected chi connectivity index (χ1v) is 7.67. The lowest BCUT2D eigenvalue weighted by atomic mass is 10.2. The highest BCUT2D eigenvalue weighted by molar-refractivity contribution is 7.88. The van der Waals surface area contributed by atoms with Gasteiger partial charge in [0.15, 0.2) is 0 Å². The molecule has 6 heteroatoms. The van der Waals surface area contributed by atoms with Crippen molar-refractivity contribution < 1.29 is 13.5 Å². The van der Waals surface area contributed by atoms with Crippen LogP contribution in [0.15, 0.2) is 24.3 Å². The van der Waals surface area contributed by atoms with Gasteiger partial charge in [-0.1, -0.05) is 29.8 Å². The van der Waals surface area contributed by atoms with E-state index in [1.807, 2.05) is 0 Å². The van der Waals surface area contributed by atoms with Gasteiger partial charge in [-0.3, -0.25) is 0 Å². The van der Waals surface area contributed by atoms with Crippen molar-refractivity contribution in [2.24, 2.45) is 0 Å². The monoisotopic (exact) mass is 291 g/mol. The molecular weight excluding hydrogens is 274 g/mol. The molecule has 0 aromatic heterocycles. The standard InChI is InChI=1S/C12H18ClNO3S/c1-10(15)7-8-14(2)18(16,17)9-11-5-3-4-6-12(11)13/h3-6,10,15H,7-9H2,1-2H3. The molecule has 0 saturated heterocycles. The Kier molecular flexibility index (Phi) is 5.59. The third-order valence-electron chi connectivity index (χ3n) is 2.63. The Hall–Kier alpha value is -0.620. The summed E-state index contributed by atoms with van der Waals surface area (Å²) in [6.07, 6.45) is -0.0962. The number of hydrogen-bond donors (Lipinski definition) is 1. The van der Waals surface area contributed by atoms with Crippen molar-refractivity contribution in [2.75, 3.05) is 13.6 Å². The van der Waals surface area contributed by atoms with Gasteiger partial charge in [-0.2, -0.15) is 0 Å². The van der Waals surface area contributed by atoms with E-state index in [0.717, 1.165) is 0 Å². The normalized spacial score (nSPS) is 13.8. The van der Waals surface area contributed by atoms with Crippen molar-refractivity contribution in [2.45, 2.75) is 25.2 Å². The molecule has 0 fully saturated rings. The first-order valence-electron chi connectivity index (χ1n) is 5.68. The van der Waals surface area contributed by atoms with E-state index in [9.17, 15) is 8.42 Å². The zero-order chi connectivity index (χ0) is 13.8. The molecule has 0 amide bonds. The quantitative estimate of drug-likeness (QED) is 0.870. The Morgan fingerprint density at radius 1 is 1.39 bits per heavy atom. The molecule has 1 rings (SSSR count). The zero-order valence-electron chi connectivity index (χ0n) is 10.5. The molecule has 0 spiro atoms. The number of rotatable bonds is 6. The summed E-state index contributed by atoms with van der Waals surface area (Å²) in [6, 6.07) is 6.88. The van der Waals surface area contributed by atoms with Crippen LogP contribution in [0.25, 0.3) is 0 Å². The summed E-state index contributed by atoms with van der Waals surface area (Å²) in [5, 5.41) is 9.61. The van der Waals surface area contributed by atoms with Crippen LogP contribution in [-0.2, 0) is 15.8 Å². The van der Waals surface area contributed by atoms with E-state index >= 15 is 0 Å². The first-order chi connectivity index (χ1) is 8.33. The minimum atomic E-state index is -3.39. The van der Waals surface area contributed by atoms with Crippen molar-refractivity contribution in [3.8, 4) is 0 Å². The van der Waals surface area contributed by atoms with Gasteiger partial charge >= 0.3 is 0 Å². The third kappa shape index (κ3) is 4.57. The van der Waals surface area contributed by atoms with Gasteiger partial charge in [-0.25, -0.2) is 12.7 Å². The van der Waals surface area contributed by atoms with E-state index in [0.29, 0.717) is 23.6 Å². The molecule has 0 aliphatic rings. The maximum Gasteiger partial charge on any atom is 0.218 e. The first kappa shape index (κ1) is 15.4. The number of hydrogen-bond acceptors (Lipinski definition) is 3. The van der Waals surface area contributed by atoms with Crippen LogP contribution in [0.3, 0.4) is 0 Å². The molecule has 0 aliphatic heterocycles. The van der Waals surface area contributed by atoms with Crippen LogP contribution < -0.4 is 0 Å². The molecule has 0 heterocycles. The highest BCUT2D eigenvalue weighted by Gasteiger charge is 2.19. The van der Waals surface area contributed by atoms with E-state index in [-0.39, 0.29) is 5.75 Å². The lowest BCUT2D eigenvalue weighted by molar-refractivity contribution is 0.177. The molecule has 1 aromatic rings. The minimum absolute atomic E-state index is 0.122. The fourth-order valence-electron chi connectivity index (χ4n) is 1.43. The Bertz CT molecular complexity index is 488. The van der Waals surface area contributed by atoms with Crippen molar-refractivity contribution >= 4 is 21.6 Å². The van der Waals surface area contributed by atoms with Gasteiger partial charge in [0.2, 0.25) is 10.0 Å². The van der Waals surface area contributed by atoms with E-state index in [4.69, 9.17) is 16.7 Å². The Morgan fingerprint density at radius 3 is 2.56 bits per heavy atom. The smallest absolute Gasteiger partial charge is 0.218 e. The molecular formula is C12H18ClNO3S. The Morgan fingerprint density at radius 2 is 2.00 bits per heavy atom. The maximum atomic E-state index is 12.1. The van der Waals surface area contributed by atoms with Crippen LogP contribution in [0, 0.1) is 0 Å². The van der Waals surface area contributed by atoms with Crippen LogP contribution in [0.4, 0.5) is 0 Å². The van der Waals surface area contributed by atoms with Gasteiger partial charge in [0.25, 0.3) is 0 Å². The number of aliphatic hydroxyl groups is 1. The molecule has 1 aromatic carbocycles. The van der Waals surface area contributed by atoms with Crippen LogP contribution in [0.5, 0.6) is 0 Å². The summed E-state index contributed by atoms with van der Waals surface area (Å²) in [6.45, 7) is 1.93. The van der Waals surface area contributed by atoms with Crippen LogP contribution in [-0.4, -0.2) is 37.5 Å². The third-order valence-corrected chi connectivity index (χ3v) is 4.81. The molecule has 0 radical (unpaired) electrons. The molecule has 18 heavy (non-hydrogen) atoms. The molecule has 4 nitrogen and oxygen atoms in total. The summed E-state index contributed by atoms with van der Waals surface area (Å²) in [4.78, 5) is 0. The predicted molar refractivity (Wildman–Crippen MR) is 73.0 cm³/mol. The van der Waals surface area contributed by atoms with E-state index in [1.165, 1.54) is 11.4 Å². The second-order valence-corrected chi connectivity index (χ2v) is 6.79. The van der Waals surface area contributed by atoms with Crippen LogP contribution in [0.2, 0.25) is 5.02 Å². The highest BCUT2D eigenvalue weighted by Crippen LogP contribution is 2.19. The second kappa shape index (κ2) is 6.52. The lowest BCUT2D eigenvalue weighted by Crippen LogP contribution is -2.30. The van der Waals surface area contributed by atoms with Gasteiger partial charge in [-0.15, -0.1) is 0 Å². The van der Waals surface area contributed by atoms with E-state index in [1.54, 1.807) is 31.2 Å². The fraction of sp³-hybridized carbons (Fsp3) is 0.500. The Balaban J connectivity index is 2.73. The van der Waals surface area contributed by atoms with Crippen LogP contribution in [0.1, 0.15) is 18.9 Å². The minimum Gasteiger partial charge on any atom is -0.393 e. The predicted octanol–water partition coefficient (Wildman–Crippen LogP) is 1.87. The number of aliphatic hydroxyl groups excluding tert-OH is 1. The molecule has 102 valence electrons. The Labute approximate surface area is 113 Å². The topological polar surface area (TPSA) is 57.6 Å². The summed E-state index contributed by atoms with van der Waals surface area (Å²) in [5.41, 5.74) is 0.586. The van der Waals surface area contributed by atoms with Gasteiger partial charge in [0.05, 0.1) is 11.9 Å². The zero-order valence-corrected chi connectivity index (χ0v) is 12.1. The van der Waals surface area contributed by atoms with Crippen molar-refractivity contribution in [1.82, 2.24) is 4.31 Å². The van der Waals surface area contributed by atoms with Crippen molar-refractivity contribution in [1.29, 1.82) is 0 Å². The summed E-state index contributed by atoms with van der Waals surface area (Å²) in [5.74, 6) is -0.122. The lowest BCUT2D eigenvalue weighted by Gasteiger charge is -2.18. The average molecular weight is 292 g/mol. The summed E-state index contributed by atoms with van der Waals surface area (Å²) >= 11 is 5.94. The summed E-state index contributed by atoms with van der Waals surface area (Å²) in [7, 11) is -1.89. The van der Waals surface area contributed by atoms with Gasteiger partial charge in [0.1, 0.15) is 0 Å². The SMILES string of the molecule is CC(O)CCN(C)S(=O)(=O)Cc1ccccc1Cl. The van der Waals surface area contributed by atoms with Gasteiger partial charge in [-0.05, 0) is 25.0 Å². The summed E-state index contributed by atoms with van der Waals surface area (Å²) < 4.78 is 25.4. The number of benzene rings is 1. The fourth-order valence-corrected chi connectivity index (χ4v) is 2.96. The molecule has 1 atom stereocenters. The molecule has 0 bridgehead atoms. The van der Waals surface area contributed by atoms with E-state index in [2.05, 4.69) is 0 Å². The molecule has 0 saturated carbocycles. The average Bonchev–Trinajstić information content (AvgIpc) is 2.28. The number of halogens is 1. The van der Waals surface area contributed by atoms with Crippen LogP contribution >= 0.6 is 11.6 Å². The number of sulfonamides is 1. The highest BCUT2D eigenvalue weighted by atomic mass is 35.5. The molecule has 1 N–H and O–H groups in total.